The third-order valence-electron chi connectivity index (χ3n) is 3.91. The predicted octanol–water partition coefficient (Wildman–Crippen LogP) is 2.61. The lowest BCUT2D eigenvalue weighted by Crippen LogP contribution is -2.25. The van der Waals surface area contributed by atoms with Crippen molar-refractivity contribution in [2.24, 2.45) is 17.8 Å². The number of carbonyl (C=O) groups is 1. The molecule has 1 aliphatic rings. The van der Waals surface area contributed by atoms with Crippen molar-refractivity contribution in [2.45, 2.75) is 20.4 Å². The minimum Gasteiger partial charge on any atom is -0.481 e. The van der Waals surface area contributed by atoms with E-state index in [2.05, 4.69) is 18.7 Å². The number of hydrogen-bond acceptors (Lipinski definition) is 2. The van der Waals surface area contributed by atoms with E-state index in [9.17, 15) is 14.3 Å². The standard InChI is InChI=1S/C15H20FNO2/c1-10(2)13-8-17(9-14(13)15(18)19)7-11-4-3-5-12(16)6-11/h3-6,10,13-14H,7-9H2,1-2H3,(H,18,19)/t13-,14+/m0/s1. The van der Waals surface area contributed by atoms with Gasteiger partial charge in [0.15, 0.2) is 0 Å². The molecular formula is C15H20FNO2. The first-order valence-corrected chi connectivity index (χ1v) is 6.67. The van der Waals surface area contributed by atoms with Crippen LogP contribution in [0.2, 0.25) is 0 Å². The molecule has 0 unspecified atom stereocenters. The van der Waals surface area contributed by atoms with E-state index in [4.69, 9.17) is 0 Å². The van der Waals surface area contributed by atoms with Crippen LogP contribution >= 0.6 is 0 Å². The predicted molar refractivity (Wildman–Crippen MR) is 71.1 cm³/mol. The van der Waals surface area contributed by atoms with Crippen LogP contribution in [0.5, 0.6) is 0 Å². The summed E-state index contributed by atoms with van der Waals surface area (Å²) in [6.07, 6.45) is 0. The number of carboxylic acids is 1. The molecule has 2 atom stereocenters. The maximum absolute atomic E-state index is 13.1. The van der Waals surface area contributed by atoms with Gasteiger partial charge in [-0.3, -0.25) is 9.69 Å². The lowest BCUT2D eigenvalue weighted by atomic mass is 9.86. The van der Waals surface area contributed by atoms with Crippen LogP contribution in [-0.2, 0) is 11.3 Å². The summed E-state index contributed by atoms with van der Waals surface area (Å²) < 4.78 is 13.1. The summed E-state index contributed by atoms with van der Waals surface area (Å²) in [5.41, 5.74) is 0.897. The van der Waals surface area contributed by atoms with Crippen molar-refractivity contribution in [1.82, 2.24) is 4.90 Å². The van der Waals surface area contributed by atoms with E-state index >= 15 is 0 Å². The Balaban J connectivity index is 2.05. The molecule has 1 aromatic rings. The highest BCUT2D eigenvalue weighted by Gasteiger charge is 2.38. The Labute approximate surface area is 113 Å². The number of aliphatic carboxylic acids is 1. The summed E-state index contributed by atoms with van der Waals surface area (Å²) in [5.74, 6) is -0.759. The number of hydrogen-bond donors (Lipinski definition) is 1. The molecule has 0 aliphatic carbocycles. The number of carboxylic acid groups (broad SMARTS) is 1. The van der Waals surface area contributed by atoms with Crippen molar-refractivity contribution in [1.29, 1.82) is 0 Å². The van der Waals surface area contributed by atoms with E-state index in [0.29, 0.717) is 19.0 Å². The Morgan fingerprint density at radius 2 is 2.21 bits per heavy atom. The van der Waals surface area contributed by atoms with Crippen LogP contribution in [0.15, 0.2) is 24.3 Å². The van der Waals surface area contributed by atoms with E-state index in [0.717, 1.165) is 12.1 Å². The van der Waals surface area contributed by atoms with Crippen molar-refractivity contribution >= 4 is 5.97 Å². The Morgan fingerprint density at radius 3 is 2.74 bits per heavy atom. The molecule has 0 aromatic heterocycles. The minimum atomic E-state index is -0.722. The second-order valence-electron chi connectivity index (χ2n) is 5.68. The number of nitrogens with zero attached hydrogens (tertiary/aromatic N) is 1. The first kappa shape index (κ1) is 14.0. The highest BCUT2D eigenvalue weighted by molar-refractivity contribution is 5.71. The fourth-order valence-corrected chi connectivity index (χ4v) is 2.87. The highest BCUT2D eigenvalue weighted by atomic mass is 19.1. The van der Waals surface area contributed by atoms with Crippen molar-refractivity contribution in [2.75, 3.05) is 13.1 Å². The van der Waals surface area contributed by atoms with Crippen molar-refractivity contribution in [3.05, 3.63) is 35.6 Å². The molecule has 19 heavy (non-hydrogen) atoms. The van der Waals surface area contributed by atoms with E-state index in [1.165, 1.54) is 12.1 Å². The first-order valence-electron chi connectivity index (χ1n) is 6.67. The number of likely N-dealkylation sites (tertiary alicyclic amines) is 1. The SMILES string of the molecule is CC(C)[C@@H]1CN(Cc2cccc(F)c2)C[C@H]1C(=O)O. The minimum absolute atomic E-state index is 0.172. The van der Waals surface area contributed by atoms with Gasteiger partial charge >= 0.3 is 5.97 Å². The maximum Gasteiger partial charge on any atom is 0.308 e. The van der Waals surface area contributed by atoms with Gasteiger partial charge in [-0.25, -0.2) is 4.39 Å². The molecule has 1 fully saturated rings. The van der Waals surface area contributed by atoms with Gasteiger partial charge in [-0.2, -0.15) is 0 Å². The zero-order chi connectivity index (χ0) is 14.0. The molecule has 0 amide bonds. The van der Waals surface area contributed by atoms with Gasteiger partial charge in [0.2, 0.25) is 0 Å². The zero-order valence-electron chi connectivity index (χ0n) is 11.3. The second-order valence-corrected chi connectivity index (χ2v) is 5.68. The molecule has 1 N–H and O–H groups in total. The van der Waals surface area contributed by atoms with E-state index in [-0.39, 0.29) is 17.7 Å². The van der Waals surface area contributed by atoms with Gasteiger partial charge in [-0.05, 0) is 29.5 Å². The van der Waals surface area contributed by atoms with Gasteiger partial charge in [0, 0.05) is 19.6 Å². The Morgan fingerprint density at radius 1 is 1.47 bits per heavy atom. The van der Waals surface area contributed by atoms with Gasteiger partial charge in [0.1, 0.15) is 5.82 Å². The van der Waals surface area contributed by atoms with E-state index < -0.39 is 5.97 Å². The Bertz CT molecular complexity index is 461. The number of benzene rings is 1. The van der Waals surface area contributed by atoms with Crippen LogP contribution < -0.4 is 0 Å². The van der Waals surface area contributed by atoms with Crippen LogP contribution in [0.3, 0.4) is 0 Å². The molecule has 3 nitrogen and oxygen atoms in total. The molecule has 1 saturated heterocycles. The Hall–Kier alpha value is -1.42. The van der Waals surface area contributed by atoms with E-state index in [1.54, 1.807) is 6.07 Å². The van der Waals surface area contributed by atoms with Gasteiger partial charge in [0.05, 0.1) is 5.92 Å². The summed E-state index contributed by atoms with van der Waals surface area (Å²) in [5, 5.41) is 9.27. The molecule has 0 radical (unpaired) electrons. The number of rotatable bonds is 4. The molecule has 0 spiro atoms. The third-order valence-corrected chi connectivity index (χ3v) is 3.91. The smallest absolute Gasteiger partial charge is 0.308 e. The molecule has 2 rings (SSSR count). The highest BCUT2D eigenvalue weighted by Crippen LogP contribution is 2.30. The van der Waals surface area contributed by atoms with Crippen LogP contribution in [0.1, 0.15) is 19.4 Å². The lowest BCUT2D eigenvalue weighted by Gasteiger charge is -2.18. The molecule has 104 valence electrons. The fraction of sp³-hybridized carbons (Fsp3) is 0.533. The van der Waals surface area contributed by atoms with Crippen molar-refractivity contribution < 1.29 is 14.3 Å². The van der Waals surface area contributed by atoms with Crippen LogP contribution in [0.4, 0.5) is 4.39 Å². The van der Waals surface area contributed by atoms with E-state index in [1.807, 2.05) is 6.07 Å². The molecular weight excluding hydrogens is 245 g/mol. The normalized spacial score (nSPS) is 24.0. The summed E-state index contributed by atoms with van der Waals surface area (Å²) in [4.78, 5) is 13.4. The zero-order valence-corrected chi connectivity index (χ0v) is 11.3. The van der Waals surface area contributed by atoms with Crippen LogP contribution in [0.25, 0.3) is 0 Å². The first-order chi connectivity index (χ1) is 8.97. The largest absolute Gasteiger partial charge is 0.481 e. The maximum atomic E-state index is 13.1. The molecule has 0 bridgehead atoms. The monoisotopic (exact) mass is 265 g/mol. The average Bonchev–Trinajstić information content (AvgIpc) is 2.73. The summed E-state index contributed by atoms with van der Waals surface area (Å²) in [7, 11) is 0. The van der Waals surface area contributed by atoms with Gasteiger partial charge in [-0.1, -0.05) is 26.0 Å². The third kappa shape index (κ3) is 3.32. The summed E-state index contributed by atoms with van der Waals surface area (Å²) >= 11 is 0. The molecule has 0 saturated carbocycles. The van der Waals surface area contributed by atoms with Crippen LogP contribution in [0, 0.1) is 23.6 Å². The molecule has 1 aliphatic heterocycles. The van der Waals surface area contributed by atoms with Crippen molar-refractivity contribution in [3.8, 4) is 0 Å². The average molecular weight is 265 g/mol. The lowest BCUT2D eigenvalue weighted by molar-refractivity contribution is -0.143. The topological polar surface area (TPSA) is 40.5 Å². The molecule has 1 heterocycles. The van der Waals surface area contributed by atoms with Gasteiger partial charge in [0.25, 0.3) is 0 Å². The van der Waals surface area contributed by atoms with Gasteiger partial charge in [-0.15, -0.1) is 0 Å². The Kier molecular flexibility index (Phi) is 4.20. The molecule has 4 heteroatoms. The summed E-state index contributed by atoms with van der Waals surface area (Å²) in [6, 6.07) is 6.50. The van der Waals surface area contributed by atoms with Crippen molar-refractivity contribution in [3.63, 3.8) is 0 Å². The fourth-order valence-electron chi connectivity index (χ4n) is 2.87. The quantitative estimate of drug-likeness (QED) is 0.909. The summed E-state index contributed by atoms with van der Waals surface area (Å²) in [6.45, 7) is 6.06. The second kappa shape index (κ2) is 5.70. The van der Waals surface area contributed by atoms with Crippen LogP contribution in [-0.4, -0.2) is 29.1 Å². The molecule has 1 aromatic carbocycles. The van der Waals surface area contributed by atoms with Gasteiger partial charge < -0.3 is 5.11 Å². The number of halogens is 1.